The van der Waals surface area contributed by atoms with Crippen molar-refractivity contribution in [3.63, 3.8) is 0 Å². The number of methoxy groups -OCH3 is 2. The molecule has 100 valence electrons. The third kappa shape index (κ3) is 2.85. The maximum atomic E-state index is 10.4. The van der Waals surface area contributed by atoms with Gasteiger partial charge in [-0.1, -0.05) is 0 Å². The van der Waals surface area contributed by atoms with E-state index in [4.69, 9.17) is 9.47 Å². The van der Waals surface area contributed by atoms with E-state index in [0.29, 0.717) is 22.8 Å². The number of hydrogen-bond acceptors (Lipinski definition) is 4. The van der Waals surface area contributed by atoms with E-state index in [1.165, 1.54) is 0 Å². The third-order valence-corrected chi connectivity index (χ3v) is 2.95. The lowest BCUT2D eigenvalue weighted by Crippen LogP contribution is -2.05. The minimum atomic E-state index is -0.819. The Morgan fingerprint density at radius 1 is 1.11 bits per heavy atom. The summed E-state index contributed by atoms with van der Waals surface area (Å²) in [6, 6.07) is 9.06. The maximum Gasteiger partial charge on any atom is 0.128 e. The summed E-state index contributed by atoms with van der Waals surface area (Å²) in [7, 11) is 3.15. The maximum absolute atomic E-state index is 10.4. The van der Waals surface area contributed by atoms with Gasteiger partial charge in [0, 0.05) is 17.8 Å². The summed E-state index contributed by atoms with van der Waals surface area (Å²) in [5.41, 5.74) is 2.32. The zero-order valence-corrected chi connectivity index (χ0v) is 11.3. The highest BCUT2D eigenvalue weighted by Crippen LogP contribution is 2.32. The first-order chi connectivity index (χ1) is 9.15. The average Bonchev–Trinajstić information content (AvgIpc) is 2.45. The Kier molecular flexibility index (Phi) is 4.02. The van der Waals surface area contributed by atoms with E-state index in [1.54, 1.807) is 38.6 Å². The highest BCUT2D eigenvalue weighted by Gasteiger charge is 2.17. The van der Waals surface area contributed by atoms with Gasteiger partial charge < -0.3 is 14.6 Å². The molecule has 0 radical (unpaired) electrons. The second-order valence-corrected chi connectivity index (χ2v) is 4.27. The van der Waals surface area contributed by atoms with Gasteiger partial charge in [-0.15, -0.1) is 0 Å². The van der Waals surface area contributed by atoms with Crippen molar-refractivity contribution >= 4 is 0 Å². The van der Waals surface area contributed by atoms with Crippen LogP contribution < -0.4 is 9.47 Å². The van der Waals surface area contributed by atoms with E-state index < -0.39 is 6.10 Å². The fourth-order valence-corrected chi connectivity index (χ4v) is 1.91. The Morgan fingerprint density at radius 2 is 1.89 bits per heavy atom. The van der Waals surface area contributed by atoms with Crippen molar-refractivity contribution in [2.24, 2.45) is 0 Å². The molecule has 0 saturated heterocycles. The number of ether oxygens (including phenoxy) is 2. The molecule has 4 heteroatoms. The van der Waals surface area contributed by atoms with Crippen LogP contribution in [-0.2, 0) is 0 Å². The van der Waals surface area contributed by atoms with Crippen molar-refractivity contribution in [1.82, 2.24) is 4.98 Å². The number of rotatable bonds is 4. The lowest BCUT2D eigenvalue weighted by atomic mass is 10.0. The molecule has 0 aliphatic rings. The summed E-state index contributed by atoms with van der Waals surface area (Å²) in [6.45, 7) is 1.96. The molecule has 1 atom stereocenters. The summed E-state index contributed by atoms with van der Waals surface area (Å²) >= 11 is 0. The lowest BCUT2D eigenvalue weighted by molar-refractivity contribution is 0.209. The minimum absolute atomic E-state index is 0.579. The number of aryl methyl sites for hydroxylation is 1. The second kappa shape index (κ2) is 5.71. The molecule has 2 aromatic rings. The van der Waals surface area contributed by atoms with E-state index in [9.17, 15) is 5.11 Å². The number of hydrogen-bond donors (Lipinski definition) is 1. The molecule has 19 heavy (non-hydrogen) atoms. The first-order valence-corrected chi connectivity index (χ1v) is 5.98. The van der Waals surface area contributed by atoms with Gasteiger partial charge in [0.1, 0.15) is 17.6 Å². The van der Waals surface area contributed by atoms with Crippen LogP contribution >= 0.6 is 0 Å². The van der Waals surface area contributed by atoms with Crippen molar-refractivity contribution in [2.75, 3.05) is 14.2 Å². The van der Waals surface area contributed by atoms with E-state index in [-0.39, 0.29) is 0 Å². The molecule has 0 aliphatic carbocycles. The van der Waals surface area contributed by atoms with Gasteiger partial charge in [0.2, 0.25) is 0 Å². The minimum Gasteiger partial charge on any atom is -0.497 e. The lowest BCUT2D eigenvalue weighted by Gasteiger charge is -2.15. The van der Waals surface area contributed by atoms with Crippen LogP contribution in [0.2, 0.25) is 0 Å². The highest BCUT2D eigenvalue weighted by molar-refractivity contribution is 5.44. The van der Waals surface area contributed by atoms with Crippen LogP contribution in [0.25, 0.3) is 0 Å². The molecule has 0 spiro atoms. The van der Waals surface area contributed by atoms with Gasteiger partial charge in [-0.3, -0.25) is 4.98 Å². The SMILES string of the molecule is COc1ccc(C(O)c2cc(C)ccn2)c(OC)c1. The van der Waals surface area contributed by atoms with Crippen molar-refractivity contribution < 1.29 is 14.6 Å². The summed E-state index contributed by atoms with van der Waals surface area (Å²) in [5, 5.41) is 10.4. The molecule has 1 aromatic heterocycles. The number of nitrogens with zero attached hydrogens (tertiary/aromatic N) is 1. The molecule has 1 N–H and O–H groups in total. The number of benzene rings is 1. The average molecular weight is 259 g/mol. The fraction of sp³-hybridized carbons (Fsp3) is 0.267. The Labute approximate surface area is 112 Å². The molecule has 2 rings (SSSR count). The van der Waals surface area contributed by atoms with E-state index in [2.05, 4.69) is 4.98 Å². The molecular weight excluding hydrogens is 242 g/mol. The van der Waals surface area contributed by atoms with Crippen molar-refractivity contribution in [1.29, 1.82) is 0 Å². The van der Waals surface area contributed by atoms with Gasteiger partial charge in [0.25, 0.3) is 0 Å². The fourth-order valence-electron chi connectivity index (χ4n) is 1.91. The zero-order valence-electron chi connectivity index (χ0n) is 11.3. The zero-order chi connectivity index (χ0) is 13.8. The quantitative estimate of drug-likeness (QED) is 0.916. The van der Waals surface area contributed by atoms with Crippen molar-refractivity contribution in [3.05, 3.63) is 53.3 Å². The van der Waals surface area contributed by atoms with Crippen LogP contribution in [0.3, 0.4) is 0 Å². The summed E-state index contributed by atoms with van der Waals surface area (Å²) < 4.78 is 10.4. The van der Waals surface area contributed by atoms with E-state index in [1.807, 2.05) is 19.1 Å². The van der Waals surface area contributed by atoms with E-state index >= 15 is 0 Å². The van der Waals surface area contributed by atoms with Crippen LogP contribution in [0.4, 0.5) is 0 Å². The van der Waals surface area contributed by atoms with Gasteiger partial charge in [-0.2, -0.15) is 0 Å². The summed E-state index contributed by atoms with van der Waals surface area (Å²) in [5.74, 6) is 1.26. The van der Waals surface area contributed by atoms with Crippen LogP contribution in [0.1, 0.15) is 22.9 Å². The highest BCUT2D eigenvalue weighted by atomic mass is 16.5. The Hall–Kier alpha value is -2.07. The van der Waals surface area contributed by atoms with Crippen molar-refractivity contribution in [2.45, 2.75) is 13.0 Å². The first kappa shape index (κ1) is 13.4. The van der Waals surface area contributed by atoms with Gasteiger partial charge in [0.05, 0.1) is 19.9 Å². The Bertz CT molecular complexity index is 569. The number of aliphatic hydroxyl groups is 1. The van der Waals surface area contributed by atoms with Crippen LogP contribution in [0.15, 0.2) is 36.5 Å². The molecule has 0 aliphatic heterocycles. The molecule has 0 fully saturated rings. The van der Waals surface area contributed by atoms with E-state index in [0.717, 1.165) is 5.56 Å². The topological polar surface area (TPSA) is 51.6 Å². The van der Waals surface area contributed by atoms with Crippen LogP contribution in [0.5, 0.6) is 11.5 Å². The summed E-state index contributed by atoms with van der Waals surface area (Å²) in [6.07, 6.45) is 0.866. The molecular formula is C15H17NO3. The summed E-state index contributed by atoms with van der Waals surface area (Å²) in [4.78, 5) is 4.20. The molecule has 4 nitrogen and oxygen atoms in total. The predicted molar refractivity (Wildman–Crippen MR) is 72.6 cm³/mol. The van der Waals surface area contributed by atoms with Gasteiger partial charge >= 0.3 is 0 Å². The molecule has 1 aromatic carbocycles. The normalized spacial score (nSPS) is 12.0. The standard InChI is InChI=1S/C15H17NO3/c1-10-6-7-16-13(8-10)15(17)12-5-4-11(18-2)9-14(12)19-3/h4-9,15,17H,1-3H3. The first-order valence-electron chi connectivity index (χ1n) is 5.98. The van der Waals surface area contributed by atoms with Gasteiger partial charge in [-0.25, -0.2) is 0 Å². The number of pyridine rings is 1. The predicted octanol–water partition coefficient (Wildman–Crippen LogP) is 2.49. The number of aliphatic hydroxyl groups excluding tert-OH is 1. The smallest absolute Gasteiger partial charge is 0.128 e. The molecule has 1 unspecified atom stereocenters. The molecule has 0 amide bonds. The van der Waals surface area contributed by atoms with Crippen LogP contribution in [-0.4, -0.2) is 24.3 Å². The second-order valence-electron chi connectivity index (χ2n) is 4.27. The van der Waals surface area contributed by atoms with Crippen molar-refractivity contribution in [3.8, 4) is 11.5 Å². The Balaban J connectivity index is 2.40. The molecule has 0 bridgehead atoms. The Morgan fingerprint density at radius 3 is 2.53 bits per heavy atom. The third-order valence-electron chi connectivity index (χ3n) is 2.95. The molecule has 0 saturated carbocycles. The van der Waals surface area contributed by atoms with Gasteiger partial charge in [0.15, 0.2) is 0 Å². The number of aromatic nitrogens is 1. The van der Waals surface area contributed by atoms with Gasteiger partial charge in [-0.05, 0) is 36.8 Å². The van der Waals surface area contributed by atoms with Crippen LogP contribution in [0, 0.1) is 6.92 Å². The monoisotopic (exact) mass is 259 g/mol. The molecule has 1 heterocycles. The largest absolute Gasteiger partial charge is 0.497 e.